The van der Waals surface area contributed by atoms with E-state index in [1.54, 1.807) is 0 Å². The zero-order valence-electron chi connectivity index (χ0n) is 63.1. The molecule has 0 aliphatic carbocycles. The van der Waals surface area contributed by atoms with E-state index in [1.807, 2.05) is 12.2 Å². The maximum Gasteiger partial charge on any atom is 0.472 e. The SMILES string of the molecule is CCCCC/C=C\C/C=C\C/C=C\C/C=C\CCCC(=O)O[C@H](COC(=O)CCCCCCC/C=C\C/C=C\CCCCC)COP(=O)(O)OC[C@H](O)COP(=O)(O)OC[C@@H](COC(=O)CCCCCCC/C=C\C/C=C\CCCCC)OC(=O)CCCCCCCCCCCCCCC. The molecule has 100 heavy (non-hydrogen) atoms. The molecule has 0 fully saturated rings. The van der Waals surface area contributed by atoms with E-state index in [2.05, 4.69) is 113 Å². The first-order valence-electron chi connectivity index (χ1n) is 39.5. The second-order valence-corrected chi connectivity index (χ2v) is 29.2. The standard InChI is InChI=1S/C81H142O17P2/c1-5-9-13-17-21-25-29-33-36-37-40-44-48-52-56-60-64-68-81(86)98-77(72-92-79(84)66-62-58-54-50-46-43-39-35-31-27-23-19-15-11-7-3)74-96-100(89,90)94-70-75(82)69-93-99(87,88)95-73-76(97-80(85)67-63-59-55-51-47-41-32-28-24-20-16-12-8-4)71-91-78(83)65-61-57-53-49-45-42-38-34-30-26-22-18-14-10-6-2/h21-23,25-27,33-36,38-40,44,52,56,75-77,82H,5-20,24,28-32,37,41-43,45-51,53-55,57-74H2,1-4H3,(H,87,88)(H,89,90)/b25-21-,26-22-,27-23-,36-33-,38-34-,39-35-,44-40-,56-52-/t75-,76-,77-/m1/s1. The Morgan fingerprint density at radius 2 is 0.500 bits per heavy atom. The summed E-state index contributed by atoms with van der Waals surface area (Å²) in [6.07, 6.45) is 76.8. The first-order valence-corrected chi connectivity index (χ1v) is 42.5. The molecule has 0 rings (SSSR count). The summed E-state index contributed by atoms with van der Waals surface area (Å²) in [7, 11) is -9.97. The number of aliphatic hydroxyl groups excluding tert-OH is 1. The van der Waals surface area contributed by atoms with Gasteiger partial charge in [-0.2, -0.15) is 0 Å². The molecule has 0 aromatic rings. The minimum atomic E-state index is -4.99. The molecule has 2 unspecified atom stereocenters. The van der Waals surface area contributed by atoms with Crippen LogP contribution in [0.15, 0.2) is 97.2 Å². The Hall–Kier alpha value is -4.02. The summed E-state index contributed by atoms with van der Waals surface area (Å²) in [6, 6.07) is 0. The minimum absolute atomic E-state index is 0.0162. The molecule has 578 valence electrons. The molecule has 0 amide bonds. The van der Waals surface area contributed by atoms with Gasteiger partial charge in [-0.15, -0.1) is 0 Å². The highest BCUT2D eigenvalue weighted by Gasteiger charge is 2.30. The molecule has 0 bridgehead atoms. The third kappa shape index (κ3) is 72.3. The lowest BCUT2D eigenvalue weighted by atomic mass is 10.0. The molecule has 0 aliphatic rings. The molecule has 0 saturated carbocycles. The average Bonchev–Trinajstić information content (AvgIpc) is 0.962. The van der Waals surface area contributed by atoms with Crippen molar-refractivity contribution in [2.75, 3.05) is 39.6 Å². The summed E-state index contributed by atoms with van der Waals surface area (Å²) in [5, 5.41) is 10.6. The number of ether oxygens (including phenoxy) is 4. The topological polar surface area (TPSA) is 237 Å². The average molecular weight is 1450 g/mol. The highest BCUT2D eigenvalue weighted by Crippen LogP contribution is 2.45. The molecular formula is C81H142O17P2. The zero-order valence-corrected chi connectivity index (χ0v) is 64.9. The van der Waals surface area contributed by atoms with Crippen molar-refractivity contribution >= 4 is 39.5 Å². The normalized spacial score (nSPS) is 14.4. The molecule has 0 aliphatic heterocycles. The van der Waals surface area contributed by atoms with E-state index >= 15 is 0 Å². The van der Waals surface area contributed by atoms with Gasteiger partial charge in [-0.05, 0) is 128 Å². The van der Waals surface area contributed by atoms with Crippen molar-refractivity contribution in [3.63, 3.8) is 0 Å². The summed E-state index contributed by atoms with van der Waals surface area (Å²) in [6.45, 7) is 4.73. The van der Waals surface area contributed by atoms with Crippen LogP contribution in [0.4, 0.5) is 0 Å². The maximum absolute atomic E-state index is 13.1. The Morgan fingerprint density at radius 3 is 0.810 bits per heavy atom. The third-order valence-electron chi connectivity index (χ3n) is 16.5. The molecule has 0 saturated heterocycles. The fourth-order valence-electron chi connectivity index (χ4n) is 10.4. The van der Waals surface area contributed by atoms with Crippen LogP contribution in [0, 0.1) is 0 Å². The largest absolute Gasteiger partial charge is 0.472 e. The van der Waals surface area contributed by atoms with Crippen LogP contribution < -0.4 is 0 Å². The fourth-order valence-corrected chi connectivity index (χ4v) is 12.0. The number of unbranched alkanes of at least 4 members (excludes halogenated alkanes) is 32. The maximum atomic E-state index is 13.1. The molecule has 0 aromatic heterocycles. The van der Waals surface area contributed by atoms with Crippen LogP contribution in [0.1, 0.15) is 336 Å². The van der Waals surface area contributed by atoms with Gasteiger partial charge in [0.15, 0.2) is 12.2 Å². The highest BCUT2D eigenvalue weighted by atomic mass is 31.2. The fraction of sp³-hybridized carbons (Fsp3) is 0.753. The molecule has 0 heterocycles. The van der Waals surface area contributed by atoms with Crippen LogP contribution >= 0.6 is 15.6 Å². The number of allylic oxidation sites excluding steroid dienone is 16. The van der Waals surface area contributed by atoms with Gasteiger partial charge < -0.3 is 33.8 Å². The summed E-state index contributed by atoms with van der Waals surface area (Å²) in [4.78, 5) is 72.9. The number of rotatable bonds is 74. The van der Waals surface area contributed by atoms with Crippen molar-refractivity contribution in [2.24, 2.45) is 0 Å². The second kappa shape index (κ2) is 73.3. The van der Waals surface area contributed by atoms with E-state index < -0.39 is 97.5 Å². The summed E-state index contributed by atoms with van der Waals surface area (Å²) in [5.41, 5.74) is 0. The van der Waals surface area contributed by atoms with Crippen molar-refractivity contribution in [3.8, 4) is 0 Å². The zero-order chi connectivity index (χ0) is 73.2. The summed E-state index contributed by atoms with van der Waals surface area (Å²) < 4.78 is 68.5. The van der Waals surface area contributed by atoms with E-state index in [4.69, 9.17) is 37.0 Å². The van der Waals surface area contributed by atoms with E-state index in [0.717, 1.165) is 141 Å². The number of hydrogen-bond acceptors (Lipinski definition) is 15. The quantitative estimate of drug-likeness (QED) is 0.0169. The van der Waals surface area contributed by atoms with Crippen molar-refractivity contribution in [2.45, 2.75) is 354 Å². The molecular weight excluding hydrogens is 1310 g/mol. The molecule has 0 aromatic carbocycles. The highest BCUT2D eigenvalue weighted by molar-refractivity contribution is 7.47. The predicted octanol–water partition coefficient (Wildman–Crippen LogP) is 22.8. The monoisotopic (exact) mass is 1450 g/mol. The predicted molar refractivity (Wildman–Crippen MR) is 409 cm³/mol. The summed E-state index contributed by atoms with van der Waals surface area (Å²) in [5.74, 6) is -2.25. The number of carbonyl (C=O) groups is 4. The number of hydrogen-bond donors (Lipinski definition) is 3. The lowest BCUT2D eigenvalue weighted by molar-refractivity contribution is -0.161. The molecule has 0 radical (unpaired) electrons. The van der Waals surface area contributed by atoms with Crippen molar-refractivity contribution in [1.82, 2.24) is 0 Å². The second-order valence-electron chi connectivity index (χ2n) is 26.3. The molecule has 0 spiro atoms. The number of aliphatic hydroxyl groups is 1. The summed E-state index contributed by atoms with van der Waals surface area (Å²) >= 11 is 0. The van der Waals surface area contributed by atoms with Gasteiger partial charge in [0, 0.05) is 25.7 Å². The number of esters is 4. The lowest BCUT2D eigenvalue weighted by Crippen LogP contribution is -2.30. The molecule has 17 nitrogen and oxygen atoms in total. The van der Waals surface area contributed by atoms with E-state index in [-0.39, 0.29) is 25.7 Å². The van der Waals surface area contributed by atoms with Gasteiger partial charge in [0.05, 0.1) is 26.4 Å². The van der Waals surface area contributed by atoms with Crippen LogP contribution in [0.2, 0.25) is 0 Å². The minimum Gasteiger partial charge on any atom is -0.462 e. The Bertz CT molecular complexity index is 2270. The van der Waals surface area contributed by atoms with Crippen molar-refractivity contribution < 1.29 is 80.2 Å². The van der Waals surface area contributed by atoms with Gasteiger partial charge in [0.2, 0.25) is 0 Å². The van der Waals surface area contributed by atoms with Gasteiger partial charge >= 0.3 is 39.5 Å². The number of phosphoric acid groups is 2. The lowest BCUT2D eigenvalue weighted by Gasteiger charge is -2.21. The van der Waals surface area contributed by atoms with Gasteiger partial charge in [-0.1, -0.05) is 279 Å². The van der Waals surface area contributed by atoms with Crippen LogP contribution in [0.5, 0.6) is 0 Å². The van der Waals surface area contributed by atoms with Crippen molar-refractivity contribution in [3.05, 3.63) is 97.2 Å². The molecule has 3 N–H and O–H groups in total. The number of phosphoric ester groups is 2. The Balaban J connectivity index is 5.41. The Morgan fingerprint density at radius 1 is 0.280 bits per heavy atom. The van der Waals surface area contributed by atoms with E-state index in [9.17, 15) is 43.2 Å². The van der Waals surface area contributed by atoms with Gasteiger partial charge in [0.25, 0.3) is 0 Å². The van der Waals surface area contributed by atoms with E-state index in [1.165, 1.54) is 109 Å². The number of carbonyl (C=O) groups excluding carboxylic acids is 4. The first-order chi connectivity index (χ1) is 48.7. The van der Waals surface area contributed by atoms with Crippen LogP contribution in [-0.4, -0.2) is 96.7 Å². The van der Waals surface area contributed by atoms with Crippen LogP contribution in [0.3, 0.4) is 0 Å². The third-order valence-corrected chi connectivity index (χ3v) is 18.4. The van der Waals surface area contributed by atoms with Gasteiger partial charge in [-0.3, -0.25) is 37.3 Å². The Kier molecular flexibility index (Phi) is 70.4. The van der Waals surface area contributed by atoms with E-state index in [0.29, 0.717) is 32.1 Å². The van der Waals surface area contributed by atoms with Crippen LogP contribution in [-0.2, 0) is 65.4 Å². The van der Waals surface area contributed by atoms with Crippen molar-refractivity contribution in [1.29, 1.82) is 0 Å². The first kappa shape index (κ1) is 96.0. The van der Waals surface area contributed by atoms with Crippen LogP contribution in [0.25, 0.3) is 0 Å². The van der Waals surface area contributed by atoms with Gasteiger partial charge in [0.1, 0.15) is 19.3 Å². The molecule has 19 heteroatoms. The molecule has 5 atom stereocenters. The Labute approximate surface area is 607 Å². The van der Waals surface area contributed by atoms with Gasteiger partial charge in [-0.25, -0.2) is 9.13 Å². The smallest absolute Gasteiger partial charge is 0.462 e.